The van der Waals surface area contributed by atoms with Crippen LogP contribution in [0.5, 0.6) is 0 Å². The predicted octanol–water partition coefficient (Wildman–Crippen LogP) is 1.90. The summed E-state index contributed by atoms with van der Waals surface area (Å²) in [6.45, 7) is 0.944. The summed E-state index contributed by atoms with van der Waals surface area (Å²) >= 11 is 1.58. The highest BCUT2D eigenvalue weighted by Gasteiger charge is 2.17. The molecule has 0 fully saturated rings. The van der Waals surface area contributed by atoms with Crippen LogP contribution in [0.3, 0.4) is 0 Å². The highest BCUT2D eigenvalue weighted by molar-refractivity contribution is 7.09. The van der Waals surface area contributed by atoms with Gasteiger partial charge in [0.25, 0.3) is 5.91 Å². The standard InChI is InChI=1S/C15H15N5OS/c16-14-13(15(21)17-9-12-7-4-8-22-12)18-19-20(14)10-11-5-2-1-3-6-11/h1-8H,9-10,16H2,(H,17,21). The van der Waals surface area contributed by atoms with Crippen molar-refractivity contribution in [3.63, 3.8) is 0 Å². The van der Waals surface area contributed by atoms with Crippen LogP contribution >= 0.6 is 11.3 Å². The molecule has 2 aromatic heterocycles. The molecule has 3 rings (SSSR count). The van der Waals surface area contributed by atoms with Crippen LogP contribution in [-0.2, 0) is 13.1 Å². The van der Waals surface area contributed by atoms with Crippen LogP contribution in [0.25, 0.3) is 0 Å². The third-order valence-electron chi connectivity index (χ3n) is 3.17. The number of amides is 1. The summed E-state index contributed by atoms with van der Waals surface area (Å²) in [5.41, 5.74) is 7.19. The number of aromatic nitrogens is 3. The topological polar surface area (TPSA) is 85.8 Å². The van der Waals surface area contributed by atoms with Crippen LogP contribution in [-0.4, -0.2) is 20.9 Å². The molecule has 0 bridgehead atoms. The fourth-order valence-corrected chi connectivity index (χ4v) is 2.66. The van der Waals surface area contributed by atoms with Crippen LogP contribution in [0.2, 0.25) is 0 Å². The Labute approximate surface area is 131 Å². The number of nitrogens with one attached hydrogen (secondary N) is 1. The molecule has 22 heavy (non-hydrogen) atoms. The van der Waals surface area contributed by atoms with Crippen LogP contribution < -0.4 is 11.1 Å². The number of hydrogen-bond donors (Lipinski definition) is 2. The molecule has 0 saturated carbocycles. The number of anilines is 1. The van der Waals surface area contributed by atoms with Crippen LogP contribution in [0.4, 0.5) is 5.82 Å². The minimum Gasteiger partial charge on any atom is -0.382 e. The summed E-state index contributed by atoms with van der Waals surface area (Å²) in [7, 11) is 0. The zero-order chi connectivity index (χ0) is 15.4. The van der Waals surface area contributed by atoms with Crippen molar-refractivity contribution in [2.75, 3.05) is 5.73 Å². The maximum Gasteiger partial charge on any atom is 0.276 e. The lowest BCUT2D eigenvalue weighted by atomic mass is 10.2. The molecule has 7 heteroatoms. The fourth-order valence-electron chi connectivity index (χ4n) is 2.02. The minimum absolute atomic E-state index is 0.160. The zero-order valence-corrected chi connectivity index (χ0v) is 12.6. The van der Waals surface area contributed by atoms with E-state index < -0.39 is 0 Å². The second-order valence-electron chi connectivity index (χ2n) is 4.73. The molecule has 0 aliphatic heterocycles. The highest BCUT2D eigenvalue weighted by atomic mass is 32.1. The monoisotopic (exact) mass is 313 g/mol. The first-order chi connectivity index (χ1) is 10.7. The molecule has 0 aliphatic carbocycles. The summed E-state index contributed by atoms with van der Waals surface area (Å²) < 4.78 is 1.52. The van der Waals surface area contributed by atoms with Crippen LogP contribution in [0.1, 0.15) is 20.9 Å². The van der Waals surface area contributed by atoms with Gasteiger partial charge in [-0.15, -0.1) is 16.4 Å². The lowest BCUT2D eigenvalue weighted by molar-refractivity contribution is 0.0947. The molecule has 6 nitrogen and oxygen atoms in total. The molecule has 2 heterocycles. The molecular weight excluding hydrogens is 298 g/mol. The van der Waals surface area contributed by atoms with E-state index in [1.807, 2.05) is 47.8 Å². The van der Waals surface area contributed by atoms with E-state index in [0.29, 0.717) is 13.1 Å². The first kappa shape index (κ1) is 14.3. The smallest absolute Gasteiger partial charge is 0.276 e. The zero-order valence-electron chi connectivity index (χ0n) is 11.8. The van der Waals surface area contributed by atoms with Gasteiger partial charge < -0.3 is 11.1 Å². The highest BCUT2D eigenvalue weighted by Crippen LogP contribution is 2.12. The first-order valence-electron chi connectivity index (χ1n) is 6.77. The Morgan fingerprint density at radius 1 is 1.23 bits per heavy atom. The van der Waals surface area contributed by atoms with Gasteiger partial charge in [0.2, 0.25) is 0 Å². The Hall–Kier alpha value is -2.67. The maximum absolute atomic E-state index is 12.1. The van der Waals surface area contributed by atoms with Gasteiger partial charge in [-0.05, 0) is 17.0 Å². The molecule has 0 spiro atoms. The molecule has 0 saturated heterocycles. The number of nitrogens with two attached hydrogens (primary N) is 1. The SMILES string of the molecule is Nc1c(C(=O)NCc2cccs2)nnn1Cc1ccccc1. The van der Waals surface area contributed by atoms with Gasteiger partial charge in [-0.25, -0.2) is 4.68 Å². The molecule has 3 aromatic rings. The lowest BCUT2D eigenvalue weighted by Crippen LogP contribution is -2.24. The molecule has 1 aromatic carbocycles. The van der Waals surface area contributed by atoms with Crippen molar-refractivity contribution >= 4 is 23.1 Å². The number of thiophene rings is 1. The van der Waals surface area contributed by atoms with Crippen LogP contribution in [0.15, 0.2) is 47.8 Å². The summed E-state index contributed by atoms with van der Waals surface area (Å²) in [5.74, 6) is -0.0438. The van der Waals surface area contributed by atoms with E-state index in [-0.39, 0.29) is 17.4 Å². The van der Waals surface area contributed by atoms with Crippen molar-refractivity contribution in [3.05, 3.63) is 64.0 Å². The van der Waals surface area contributed by atoms with Crippen molar-refractivity contribution in [2.24, 2.45) is 0 Å². The van der Waals surface area contributed by atoms with E-state index >= 15 is 0 Å². The minimum atomic E-state index is -0.315. The summed E-state index contributed by atoms with van der Waals surface area (Å²) in [6, 6.07) is 13.7. The summed E-state index contributed by atoms with van der Waals surface area (Å²) in [6.07, 6.45) is 0. The third kappa shape index (κ3) is 3.15. The van der Waals surface area contributed by atoms with Gasteiger partial charge in [-0.3, -0.25) is 4.79 Å². The van der Waals surface area contributed by atoms with Crippen molar-refractivity contribution in [3.8, 4) is 0 Å². The van der Waals surface area contributed by atoms with E-state index in [1.165, 1.54) is 4.68 Å². The molecule has 0 unspecified atom stereocenters. The number of carbonyl (C=O) groups excluding carboxylic acids is 1. The predicted molar refractivity (Wildman–Crippen MR) is 85.5 cm³/mol. The molecule has 3 N–H and O–H groups in total. The third-order valence-corrected chi connectivity index (χ3v) is 4.04. The van der Waals surface area contributed by atoms with Crippen molar-refractivity contribution in [2.45, 2.75) is 13.1 Å². The van der Waals surface area contributed by atoms with E-state index in [0.717, 1.165) is 10.4 Å². The van der Waals surface area contributed by atoms with E-state index in [1.54, 1.807) is 11.3 Å². The summed E-state index contributed by atoms with van der Waals surface area (Å²) in [5, 5.41) is 12.6. The van der Waals surface area contributed by atoms with E-state index in [9.17, 15) is 4.79 Å². The second-order valence-corrected chi connectivity index (χ2v) is 5.76. The Bertz CT molecular complexity index is 752. The Balaban J connectivity index is 1.68. The van der Waals surface area contributed by atoms with Gasteiger partial charge in [0.15, 0.2) is 11.5 Å². The molecule has 0 aliphatic rings. The average Bonchev–Trinajstić information content (AvgIpc) is 3.17. The van der Waals surface area contributed by atoms with Crippen molar-refractivity contribution in [1.82, 2.24) is 20.3 Å². The molecule has 1 amide bonds. The Kier molecular flexibility index (Phi) is 4.15. The molecular formula is C15H15N5OS. The lowest BCUT2D eigenvalue weighted by Gasteiger charge is -2.04. The first-order valence-corrected chi connectivity index (χ1v) is 7.65. The number of carbonyl (C=O) groups is 1. The number of benzene rings is 1. The number of hydrogen-bond acceptors (Lipinski definition) is 5. The average molecular weight is 313 g/mol. The number of nitrogens with zero attached hydrogens (tertiary/aromatic N) is 3. The van der Waals surface area contributed by atoms with Gasteiger partial charge in [0, 0.05) is 4.88 Å². The van der Waals surface area contributed by atoms with Gasteiger partial charge in [-0.2, -0.15) is 0 Å². The quantitative estimate of drug-likeness (QED) is 0.753. The number of nitrogen functional groups attached to an aromatic ring is 1. The van der Waals surface area contributed by atoms with Crippen molar-refractivity contribution in [1.29, 1.82) is 0 Å². The van der Waals surface area contributed by atoms with Crippen molar-refractivity contribution < 1.29 is 4.79 Å². The fraction of sp³-hybridized carbons (Fsp3) is 0.133. The van der Waals surface area contributed by atoms with Gasteiger partial charge in [-0.1, -0.05) is 41.6 Å². The van der Waals surface area contributed by atoms with E-state index in [2.05, 4.69) is 15.6 Å². The van der Waals surface area contributed by atoms with Crippen LogP contribution in [0, 0.1) is 0 Å². The van der Waals surface area contributed by atoms with Gasteiger partial charge in [0.05, 0.1) is 13.1 Å². The normalized spacial score (nSPS) is 10.5. The largest absolute Gasteiger partial charge is 0.382 e. The molecule has 112 valence electrons. The van der Waals surface area contributed by atoms with Gasteiger partial charge >= 0.3 is 0 Å². The second kappa shape index (κ2) is 6.40. The molecule has 0 atom stereocenters. The maximum atomic E-state index is 12.1. The van der Waals surface area contributed by atoms with E-state index in [4.69, 9.17) is 5.73 Å². The Morgan fingerprint density at radius 3 is 2.77 bits per heavy atom. The number of rotatable bonds is 5. The van der Waals surface area contributed by atoms with Gasteiger partial charge in [0.1, 0.15) is 0 Å². The molecule has 0 radical (unpaired) electrons. The summed E-state index contributed by atoms with van der Waals surface area (Å²) in [4.78, 5) is 13.2. The Morgan fingerprint density at radius 2 is 2.05 bits per heavy atom.